The van der Waals surface area contributed by atoms with Gasteiger partial charge in [-0.25, -0.2) is 0 Å². The number of anilines is 1. The highest BCUT2D eigenvalue weighted by Gasteiger charge is 2.20. The summed E-state index contributed by atoms with van der Waals surface area (Å²) in [5, 5.41) is 9.75. The third kappa shape index (κ3) is 3.67. The summed E-state index contributed by atoms with van der Waals surface area (Å²) in [5.41, 5.74) is 1.91. The van der Waals surface area contributed by atoms with E-state index in [0.717, 1.165) is 31.1 Å². The quantitative estimate of drug-likeness (QED) is 0.887. The molecular weight excluding hydrogens is 240 g/mol. The molecule has 0 bridgehead atoms. The van der Waals surface area contributed by atoms with Gasteiger partial charge in [0, 0.05) is 20.2 Å². The Morgan fingerprint density at radius 2 is 2.37 bits per heavy atom. The lowest BCUT2D eigenvalue weighted by atomic mass is 9.98. The lowest BCUT2D eigenvalue weighted by Crippen LogP contribution is -2.37. The molecule has 0 spiro atoms. The molecule has 4 heteroatoms. The molecule has 4 nitrogen and oxygen atoms in total. The lowest BCUT2D eigenvalue weighted by Gasteiger charge is -2.34. The fourth-order valence-corrected chi connectivity index (χ4v) is 2.66. The van der Waals surface area contributed by atoms with Crippen LogP contribution in [0.1, 0.15) is 38.0 Å². The van der Waals surface area contributed by atoms with Gasteiger partial charge in [-0.1, -0.05) is 6.92 Å². The van der Waals surface area contributed by atoms with E-state index < -0.39 is 6.10 Å². The zero-order valence-corrected chi connectivity index (χ0v) is 11.9. The molecule has 1 aliphatic rings. The van der Waals surface area contributed by atoms with Crippen LogP contribution in [0.5, 0.6) is 0 Å². The summed E-state index contributed by atoms with van der Waals surface area (Å²) in [6.45, 7) is 4.90. The van der Waals surface area contributed by atoms with Crippen LogP contribution in [-0.4, -0.2) is 36.9 Å². The van der Waals surface area contributed by atoms with Gasteiger partial charge in [0.1, 0.15) is 0 Å². The Kier molecular flexibility index (Phi) is 5.16. The maximum Gasteiger partial charge on any atom is 0.0957 e. The van der Waals surface area contributed by atoms with Gasteiger partial charge in [0.2, 0.25) is 0 Å². The Bertz CT molecular complexity index is 378. The van der Waals surface area contributed by atoms with Crippen LogP contribution in [0, 0.1) is 5.92 Å². The van der Waals surface area contributed by atoms with Gasteiger partial charge in [-0.3, -0.25) is 4.98 Å². The topological polar surface area (TPSA) is 45.6 Å². The van der Waals surface area contributed by atoms with Gasteiger partial charge in [-0.05, 0) is 37.3 Å². The van der Waals surface area contributed by atoms with Crippen LogP contribution in [0.4, 0.5) is 5.69 Å². The average molecular weight is 264 g/mol. The predicted octanol–water partition coefficient (Wildman–Crippen LogP) is 2.39. The van der Waals surface area contributed by atoms with Crippen molar-refractivity contribution in [3.63, 3.8) is 0 Å². The maximum atomic E-state index is 9.75. The molecule has 1 unspecified atom stereocenters. The van der Waals surface area contributed by atoms with Crippen LogP contribution in [0.2, 0.25) is 0 Å². The number of aliphatic hydroxyl groups is 1. The van der Waals surface area contributed by atoms with Crippen molar-refractivity contribution in [1.29, 1.82) is 0 Å². The van der Waals surface area contributed by atoms with Gasteiger partial charge >= 0.3 is 0 Å². The van der Waals surface area contributed by atoms with Crippen LogP contribution < -0.4 is 4.90 Å². The molecule has 0 aliphatic carbocycles. The van der Waals surface area contributed by atoms with E-state index in [1.54, 1.807) is 7.11 Å². The van der Waals surface area contributed by atoms with Crippen LogP contribution in [0.3, 0.4) is 0 Å². The second-order valence-corrected chi connectivity index (χ2v) is 5.27. The summed E-state index contributed by atoms with van der Waals surface area (Å²) in [5.74, 6) is 0.611. The predicted molar refractivity (Wildman–Crippen MR) is 76.3 cm³/mol. The van der Waals surface area contributed by atoms with E-state index >= 15 is 0 Å². The minimum atomic E-state index is -0.448. The molecule has 0 aromatic carbocycles. The van der Waals surface area contributed by atoms with Crippen LogP contribution in [-0.2, 0) is 4.74 Å². The minimum Gasteiger partial charge on any atom is -0.387 e. The summed E-state index contributed by atoms with van der Waals surface area (Å²) in [7, 11) is 1.77. The number of piperidine rings is 1. The van der Waals surface area contributed by atoms with Gasteiger partial charge in [0.25, 0.3) is 0 Å². The number of rotatable bonds is 5. The Hall–Kier alpha value is -1.13. The van der Waals surface area contributed by atoms with Gasteiger partial charge < -0.3 is 14.7 Å². The number of aliphatic hydroxyl groups excluding tert-OH is 1. The van der Waals surface area contributed by atoms with E-state index in [1.807, 2.05) is 19.2 Å². The van der Waals surface area contributed by atoms with Crippen molar-refractivity contribution in [2.75, 3.05) is 31.7 Å². The largest absolute Gasteiger partial charge is 0.387 e. The second-order valence-electron chi connectivity index (χ2n) is 5.27. The molecule has 1 saturated heterocycles. The summed E-state index contributed by atoms with van der Waals surface area (Å²) in [6.07, 6.45) is 4.57. The van der Waals surface area contributed by atoms with Crippen LogP contribution in [0.25, 0.3) is 0 Å². The summed E-state index contributed by atoms with van der Waals surface area (Å²) < 4.78 is 5.26. The standard InChI is InChI=1S/C15H24N2O2/c1-3-15(18)14-7-6-13(9-16-14)17-8-4-5-12(10-17)11-19-2/h6-7,9,12,15,18H,3-5,8,10-11H2,1-2H3/t12?,15-/m0/s1. The molecule has 2 atom stereocenters. The van der Waals surface area contributed by atoms with E-state index in [0.29, 0.717) is 12.3 Å². The first kappa shape index (κ1) is 14.3. The van der Waals surface area contributed by atoms with E-state index in [4.69, 9.17) is 4.74 Å². The first-order chi connectivity index (χ1) is 9.24. The third-order valence-electron chi connectivity index (χ3n) is 3.79. The van der Waals surface area contributed by atoms with Gasteiger partial charge in [0.05, 0.1) is 30.3 Å². The molecule has 1 N–H and O–H groups in total. The Morgan fingerprint density at radius 3 is 3.00 bits per heavy atom. The highest BCUT2D eigenvalue weighted by Crippen LogP contribution is 2.24. The molecule has 2 heterocycles. The summed E-state index contributed by atoms with van der Waals surface area (Å²) in [6, 6.07) is 4.00. The molecule has 0 radical (unpaired) electrons. The van der Waals surface area contributed by atoms with E-state index in [2.05, 4.69) is 16.0 Å². The fourth-order valence-electron chi connectivity index (χ4n) is 2.66. The van der Waals surface area contributed by atoms with Gasteiger partial charge in [-0.2, -0.15) is 0 Å². The fraction of sp³-hybridized carbons (Fsp3) is 0.667. The van der Waals surface area contributed by atoms with Crippen molar-refractivity contribution >= 4 is 5.69 Å². The van der Waals surface area contributed by atoms with Crippen molar-refractivity contribution in [1.82, 2.24) is 4.98 Å². The SMILES string of the molecule is CC[C@H](O)c1ccc(N2CCCC(COC)C2)cn1. The number of nitrogens with zero attached hydrogens (tertiary/aromatic N) is 2. The molecule has 1 fully saturated rings. The molecule has 2 rings (SSSR count). The number of ether oxygens (including phenoxy) is 1. The number of pyridine rings is 1. The number of methoxy groups -OCH3 is 1. The van der Waals surface area contributed by atoms with Crippen LogP contribution >= 0.6 is 0 Å². The van der Waals surface area contributed by atoms with Gasteiger partial charge in [0.15, 0.2) is 0 Å². The van der Waals surface area contributed by atoms with E-state index in [-0.39, 0.29) is 0 Å². The highest BCUT2D eigenvalue weighted by molar-refractivity contribution is 5.45. The maximum absolute atomic E-state index is 9.75. The van der Waals surface area contributed by atoms with Crippen molar-refractivity contribution in [3.8, 4) is 0 Å². The summed E-state index contributed by atoms with van der Waals surface area (Å²) >= 11 is 0. The molecule has 0 amide bonds. The average Bonchev–Trinajstić information content (AvgIpc) is 2.47. The summed E-state index contributed by atoms with van der Waals surface area (Å²) in [4.78, 5) is 6.74. The number of aromatic nitrogens is 1. The number of hydrogen-bond donors (Lipinski definition) is 1. The molecule has 1 aliphatic heterocycles. The molecule has 1 aromatic rings. The minimum absolute atomic E-state index is 0.448. The number of hydrogen-bond acceptors (Lipinski definition) is 4. The Balaban J connectivity index is 2.01. The van der Waals surface area contributed by atoms with Crippen LogP contribution in [0.15, 0.2) is 18.3 Å². The van der Waals surface area contributed by atoms with Crippen molar-refractivity contribution in [2.24, 2.45) is 5.92 Å². The van der Waals surface area contributed by atoms with Gasteiger partial charge in [-0.15, -0.1) is 0 Å². The van der Waals surface area contributed by atoms with E-state index in [1.165, 1.54) is 12.8 Å². The highest BCUT2D eigenvalue weighted by atomic mass is 16.5. The first-order valence-electron chi connectivity index (χ1n) is 7.12. The van der Waals surface area contributed by atoms with Crippen molar-refractivity contribution < 1.29 is 9.84 Å². The van der Waals surface area contributed by atoms with E-state index in [9.17, 15) is 5.11 Å². The lowest BCUT2D eigenvalue weighted by molar-refractivity contribution is 0.143. The smallest absolute Gasteiger partial charge is 0.0957 e. The first-order valence-corrected chi connectivity index (χ1v) is 7.12. The molecular formula is C15H24N2O2. The van der Waals surface area contributed by atoms with Crippen molar-refractivity contribution in [3.05, 3.63) is 24.0 Å². The molecule has 19 heavy (non-hydrogen) atoms. The Labute approximate surface area is 115 Å². The van der Waals surface area contributed by atoms with Crippen molar-refractivity contribution in [2.45, 2.75) is 32.3 Å². The Morgan fingerprint density at radius 1 is 1.53 bits per heavy atom. The zero-order valence-electron chi connectivity index (χ0n) is 11.9. The molecule has 106 valence electrons. The molecule has 0 saturated carbocycles. The monoisotopic (exact) mass is 264 g/mol. The normalized spacial score (nSPS) is 21.4. The second kappa shape index (κ2) is 6.87. The molecule has 1 aromatic heterocycles. The zero-order chi connectivity index (χ0) is 13.7. The third-order valence-corrected chi connectivity index (χ3v) is 3.79.